The Bertz CT molecular complexity index is 621. The van der Waals surface area contributed by atoms with Gasteiger partial charge in [-0.15, -0.1) is 0 Å². The normalized spacial score (nSPS) is 12.4. The van der Waals surface area contributed by atoms with E-state index in [9.17, 15) is 9.18 Å². The zero-order valence-electron chi connectivity index (χ0n) is 13.0. The molecule has 1 amide bonds. The molecule has 0 spiro atoms. The van der Waals surface area contributed by atoms with Crippen LogP contribution in [-0.4, -0.2) is 16.0 Å². The largest absolute Gasteiger partial charge is 0.344 e. The zero-order chi connectivity index (χ0) is 16.1. The number of nitrogens with zero attached hydrogens (tertiary/aromatic N) is 2. The molecule has 1 atom stereocenters. The first-order valence-corrected chi connectivity index (χ1v) is 7.45. The summed E-state index contributed by atoms with van der Waals surface area (Å²) < 4.78 is 18.1. The topological polar surface area (TPSA) is 68.0 Å². The average molecular weight is 305 g/mol. The van der Waals surface area contributed by atoms with E-state index in [2.05, 4.69) is 15.5 Å². The number of hydrogen-bond donors (Lipinski definition) is 1. The summed E-state index contributed by atoms with van der Waals surface area (Å²) in [5, 5.41) is 6.75. The van der Waals surface area contributed by atoms with E-state index in [1.165, 1.54) is 12.1 Å². The zero-order valence-corrected chi connectivity index (χ0v) is 13.0. The third kappa shape index (κ3) is 3.69. The molecule has 5 nitrogen and oxygen atoms in total. The van der Waals surface area contributed by atoms with Gasteiger partial charge < -0.3 is 9.84 Å². The lowest BCUT2D eigenvalue weighted by Gasteiger charge is -2.15. The van der Waals surface area contributed by atoms with Crippen LogP contribution in [0.15, 0.2) is 28.8 Å². The van der Waals surface area contributed by atoms with Crippen molar-refractivity contribution in [2.75, 3.05) is 0 Å². The van der Waals surface area contributed by atoms with E-state index >= 15 is 0 Å². The van der Waals surface area contributed by atoms with Gasteiger partial charge in [-0.25, -0.2) is 4.39 Å². The quantitative estimate of drug-likeness (QED) is 0.887. The van der Waals surface area contributed by atoms with E-state index in [4.69, 9.17) is 4.52 Å². The van der Waals surface area contributed by atoms with E-state index in [0.29, 0.717) is 17.3 Å². The van der Waals surface area contributed by atoms with E-state index in [1.807, 2.05) is 13.8 Å². The highest BCUT2D eigenvalue weighted by Gasteiger charge is 2.21. The molecule has 2 rings (SSSR count). The van der Waals surface area contributed by atoms with Crippen LogP contribution in [-0.2, 0) is 4.79 Å². The van der Waals surface area contributed by atoms with Gasteiger partial charge in [0.05, 0.1) is 0 Å². The summed E-state index contributed by atoms with van der Waals surface area (Å²) in [6.45, 7) is 5.76. The molecule has 0 bridgehead atoms. The number of carbonyl (C=O) groups excluding carboxylic acids is 1. The molecule has 1 N–H and O–H groups in total. The van der Waals surface area contributed by atoms with Gasteiger partial charge >= 0.3 is 0 Å². The maximum Gasteiger partial charge on any atom is 0.249 e. The molecule has 0 aliphatic heterocycles. The van der Waals surface area contributed by atoms with Crippen molar-refractivity contribution in [1.82, 2.24) is 15.5 Å². The highest BCUT2D eigenvalue weighted by Crippen LogP contribution is 2.19. The number of rotatable bonds is 6. The van der Waals surface area contributed by atoms with Gasteiger partial charge in [0, 0.05) is 11.5 Å². The molecule has 0 saturated carbocycles. The first kappa shape index (κ1) is 16.1. The summed E-state index contributed by atoms with van der Waals surface area (Å²) in [5.41, 5.74) is 0.662. The molecular weight excluding hydrogens is 285 g/mol. The van der Waals surface area contributed by atoms with Crippen LogP contribution in [0.3, 0.4) is 0 Å². The fourth-order valence-corrected chi connectivity index (χ4v) is 2.18. The van der Waals surface area contributed by atoms with Crippen LogP contribution in [0, 0.1) is 11.7 Å². The van der Waals surface area contributed by atoms with Crippen molar-refractivity contribution in [3.8, 4) is 11.4 Å². The Hall–Kier alpha value is -2.24. The van der Waals surface area contributed by atoms with Crippen LogP contribution >= 0.6 is 0 Å². The number of aromatic nitrogens is 2. The second kappa shape index (κ2) is 7.15. The summed E-state index contributed by atoms with van der Waals surface area (Å²) >= 11 is 0. The highest BCUT2D eigenvalue weighted by atomic mass is 19.1. The number of halogens is 1. The van der Waals surface area contributed by atoms with Crippen LogP contribution in [0.25, 0.3) is 11.4 Å². The summed E-state index contributed by atoms with van der Waals surface area (Å²) in [6.07, 6.45) is 1.58. The number of carbonyl (C=O) groups is 1. The minimum atomic E-state index is -0.366. The van der Waals surface area contributed by atoms with Gasteiger partial charge in [-0.3, -0.25) is 4.79 Å². The Kier molecular flexibility index (Phi) is 5.25. The van der Waals surface area contributed by atoms with Crippen molar-refractivity contribution in [2.24, 2.45) is 5.92 Å². The first-order valence-electron chi connectivity index (χ1n) is 7.45. The number of hydrogen-bond acceptors (Lipinski definition) is 4. The van der Waals surface area contributed by atoms with Crippen molar-refractivity contribution < 1.29 is 13.7 Å². The lowest BCUT2D eigenvalue weighted by molar-refractivity contribution is -0.126. The van der Waals surface area contributed by atoms with Crippen LogP contribution in [0.1, 0.15) is 45.5 Å². The van der Waals surface area contributed by atoms with Crippen LogP contribution in [0.2, 0.25) is 0 Å². The van der Waals surface area contributed by atoms with Crippen molar-refractivity contribution in [1.29, 1.82) is 0 Å². The molecule has 0 aliphatic carbocycles. The van der Waals surface area contributed by atoms with Crippen LogP contribution < -0.4 is 5.32 Å². The van der Waals surface area contributed by atoms with Gasteiger partial charge in [0.1, 0.15) is 11.9 Å². The van der Waals surface area contributed by atoms with Gasteiger partial charge in [-0.2, -0.15) is 4.98 Å². The molecule has 0 aliphatic rings. The SMILES string of the molecule is CCC(CC)C(=O)NC(C)c1nc(-c2ccc(F)cc2)no1. The Morgan fingerprint density at radius 2 is 1.91 bits per heavy atom. The number of benzene rings is 1. The van der Waals surface area contributed by atoms with Gasteiger partial charge in [0.25, 0.3) is 0 Å². The molecule has 2 aromatic rings. The van der Waals surface area contributed by atoms with E-state index < -0.39 is 0 Å². The smallest absolute Gasteiger partial charge is 0.249 e. The average Bonchev–Trinajstić information content (AvgIpc) is 2.99. The lowest BCUT2D eigenvalue weighted by atomic mass is 10.0. The maximum atomic E-state index is 12.9. The predicted molar refractivity (Wildman–Crippen MR) is 80.3 cm³/mol. The summed E-state index contributed by atoms with van der Waals surface area (Å²) in [4.78, 5) is 16.3. The third-order valence-corrected chi connectivity index (χ3v) is 3.63. The minimum Gasteiger partial charge on any atom is -0.344 e. The van der Waals surface area contributed by atoms with Crippen LogP contribution in [0.4, 0.5) is 4.39 Å². The molecule has 0 fully saturated rings. The highest BCUT2D eigenvalue weighted by molar-refractivity contribution is 5.78. The second-order valence-electron chi connectivity index (χ2n) is 5.21. The van der Waals surface area contributed by atoms with Gasteiger partial charge in [-0.1, -0.05) is 19.0 Å². The fourth-order valence-electron chi connectivity index (χ4n) is 2.18. The molecule has 1 heterocycles. The summed E-state index contributed by atoms with van der Waals surface area (Å²) in [7, 11) is 0. The molecule has 118 valence electrons. The molecular formula is C16H20FN3O2. The minimum absolute atomic E-state index is 0.0121. The van der Waals surface area contributed by atoms with Crippen molar-refractivity contribution in [3.05, 3.63) is 36.0 Å². The standard InChI is InChI=1S/C16H20FN3O2/c1-4-11(5-2)15(21)18-10(3)16-19-14(20-22-16)12-6-8-13(17)9-7-12/h6-11H,4-5H2,1-3H3,(H,18,21). The van der Waals surface area contributed by atoms with Gasteiger partial charge in [0.15, 0.2) is 0 Å². The number of amides is 1. The van der Waals surface area contributed by atoms with E-state index in [-0.39, 0.29) is 23.7 Å². The Morgan fingerprint density at radius 3 is 2.50 bits per heavy atom. The summed E-state index contributed by atoms with van der Waals surface area (Å²) in [5.74, 6) is 0.358. The Morgan fingerprint density at radius 1 is 1.27 bits per heavy atom. The maximum absolute atomic E-state index is 12.9. The molecule has 0 radical (unpaired) electrons. The van der Waals surface area contributed by atoms with Crippen molar-refractivity contribution >= 4 is 5.91 Å². The van der Waals surface area contributed by atoms with Crippen LogP contribution in [0.5, 0.6) is 0 Å². The molecule has 1 unspecified atom stereocenters. The molecule has 0 saturated heterocycles. The molecule has 1 aromatic heterocycles. The van der Waals surface area contributed by atoms with E-state index in [1.54, 1.807) is 19.1 Å². The first-order chi connectivity index (χ1) is 10.5. The fraction of sp³-hybridized carbons (Fsp3) is 0.438. The summed E-state index contributed by atoms with van der Waals surface area (Å²) in [6, 6.07) is 5.47. The van der Waals surface area contributed by atoms with E-state index in [0.717, 1.165) is 12.8 Å². The predicted octanol–water partition coefficient (Wildman–Crippen LogP) is 3.49. The van der Waals surface area contributed by atoms with Crippen molar-refractivity contribution in [3.63, 3.8) is 0 Å². The molecule has 1 aromatic carbocycles. The van der Waals surface area contributed by atoms with Crippen molar-refractivity contribution in [2.45, 2.75) is 39.7 Å². The third-order valence-electron chi connectivity index (χ3n) is 3.63. The van der Waals surface area contributed by atoms with Gasteiger partial charge in [-0.05, 0) is 44.0 Å². The van der Waals surface area contributed by atoms with Gasteiger partial charge in [0.2, 0.25) is 17.6 Å². The Balaban J connectivity index is 2.07. The second-order valence-corrected chi connectivity index (χ2v) is 5.21. The number of nitrogens with one attached hydrogen (secondary N) is 1. The lowest BCUT2D eigenvalue weighted by Crippen LogP contribution is -2.32. The molecule has 6 heteroatoms. The molecule has 22 heavy (non-hydrogen) atoms. The Labute approximate surface area is 128 Å². The monoisotopic (exact) mass is 305 g/mol.